The number of nitrogens with one attached hydrogen (secondary N) is 2. The van der Waals surface area contributed by atoms with E-state index in [1.807, 2.05) is 32.2 Å². The van der Waals surface area contributed by atoms with Crippen molar-refractivity contribution in [2.24, 2.45) is 0 Å². The van der Waals surface area contributed by atoms with E-state index in [4.69, 9.17) is 10.00 Å². The zero-order valence-corrected chi connectivity index (χ0v) is 14.7. The van der Waals surface area contributed by atoms with Gasteiger partial charge in [0, 0.05) is 22.8 Å². The standard InChI is InChI=1S/C17H20N4O2S/c1-4-17(3,15-19-12(2)11-24-15)21-16(22)20-13-6-5-7-14(10-13)23-9-8-18/h5-7,10-11H,4,9H2,1-3H3,(H2,20,21,22)/t17-/m1/s1. The number of nitrogens with zero attached hydrogens (tertiary/aromatic N) is 2. The number of rotatable bonds is 6. The molecule has 0 bridgehead atoms. The van der Waals surface area contributed by atoms with Gasteiger partial charge in [0.15, 0.2) is 6.61 Å². The molecule has 2 N–H and O–H groups in total. The molecule has 2 rings (SSSR count). The number of thiazole rings is 1. The lowest BCUT2D eigenvalue weighted by molar-refractivity contribution is 0.237. The van der Waals surface area contributed by atoms with Crippen LogP contribution >= 0.6 is 11.3 Å². The largest absolute Gasteiger partial charge is 0.479 e. The highest BCUT2D eigenvalue weighted by molar-refractivity contribution is 7.09. The van der Waals surface area contributed by atoms with E-state index < -0.39 is 5.54 Å². The van der Waals surface area contributed by atoms with Crippen LogP contribution in [0.2, 0.25) is 0 Å². The second-order valence-corrected chi connectivity index (χ2v) is 6.39. The Morgan fingerprint density at radius 1 is 1.50 bits per heavy atom. The molecule has 126 valence electrons. The van der Waals surface area contributed by atoms with Crippen molar-refractivity contribution in [3.05, 3.63) is 40.3 Å². The number of carbonyl (C=O) groups is 1. The van der Waals surface area contributed by atoms with Gasteiger partial charge in [-0.25, -0.2) is 9.78 Å². The Morgan fingerprint density at radius 3 is 2.92 bits per heavy atom. The van der Waals surface area contributed by atoms with Crippen molar-refractivity contribution < 1.29 is 9.53 Å². The fourth-order valence-corrected chi connectivity index (χ4v) is 3.08. The zero-order valence-electron chi connectivity index (χ0n) is 13.9. The van der Waals surface area contributed by atoms with Crippen LogP contribution in [-0.4, -0.2) is 17.6 Å². The molecule has 24 heavy (non-hydrogen) atoms. The molecule has 0 spiro atoms. The Kier molecular flexibility index (Phi) is 5.77. The summed E-state index contributed by atoms with van der Waals surface area (Å²) in [6.07, 6.45) is 0.721. The van der Waals surface area contributed by atoms with Gasteiger partial charge in [-0.1, -0.05) is 13.0 Å². The maximum Gasteiger partial charge on any atom is 0.320 e. The summed E-state index contributed by atoms with van der Waals surface area (Å²) >= 11 is 1.54. The number of anilines is 1. The predicted molar refractivity (Wildman–Crippen MR) is 94.2 cm³/mol. The number of ether oxygens (including phenoxy) is 1. The van der Waals surface area contributed by atoms with Crippen molar-refractivity contribution >= 4 is 23.1 Å². The Balaban J connectivity index is 2.05. The smallest absolute Gasteiger partial charge is 0.320 e. The van der Waals surface area contributed by atoms with Gasteiger partial charge in [0.25, 0.3) is 0 Å². The molecule has 0 radical (unpaired) electrons. The van der Waals surface area contributed by atoms with Gasteiger partial charge >= 0.3 is 6.03 Å². The summed E-state index contributed by atoms with van der Waals surface area (Å²) in [4.78, 5) is 16.8. The first kappa shape index (κ1) is 17.8. The molecule has 1 aromatic carbocycles. The second-order valence-electron chi connectivity index (χ2n) is 5.53. The van der Waals surface area contributed by atoms with Gasteiger partial charge in [-0.2, -0.15) is 5.26 Å². The van der Waals surface area contributed by atoms with Gasteiger partial charge in [0.2, 0.25) is 0 Å². The molecule has 1 heterocycles. The number of nitriles is 1. The molecule has 0 aliphatic heterocycles. The average molecular weight is 344 g/mol. The van der Waals surface area contributed by atoms with E-state index in [-0.39, 0.29) is 12.6 Å². The molecule has 0 aliphatic rings. The number of aryl methyl sites for hydroxylation is 1. The van der Waals surface area contributed by atoms with Crippen molar-refractivity contribution in [1.29, 1.82) is 5.26 Å². The zero-order chi connectivity index (χ0) is 17.6. The van der Waals surface area contributed by atoms with Crippen LogP contribution in [-0.2, 0) is 5.54 Å². The summed E-state index contributed by atoms with van der Waals surface area (Å²) < 4.78 is 5.23. The lowest BCUT2D eigenvalue weighted by Crippen LogP contribution is -2.45. The highest BCUT2D eigenvalue weighted by Gasteiger charge is 2.29. The lowest BCUT2D eigenvalue weighted by atomic mass is 10.0. The molecule has 0 unspecified atom stereocenters. The number of benzene rings is 1. The van der Waals surface area contributed by atoms with Gasteiger partial charge in [-0.15, -0.1) is 11.3 Å². The summed E-state index contributed by atoms with van der Waals surface area (Å²) in [6, 6.07) is 8.51. The SMILES string of the molecule is CC[C@@](C)(NC(=O)Nc1cccc(OCC#N)c1)c1nc(C)cs1. The molecule has 1 atom stereocenters. The first-order chi connectivity index (χ1) is 11.5. The molecule has 0 fully saturated rings. The molecule has 1 aromatic heterocycles. The van der Waals surface area contributed by atoms with Crippen molar-refractivity contribution in [3.8, 4) is 11.8 Å². The molecule has 7 heteroatoms. The van der Waals surface area contributed by atoms with E-state index in [0.717, 1.165) is 17.1 Å². The van der Waals surface area contributed by atoms with Crippen LogP contribution in [0.15, 0.2) is 29.6 Å². The van der Waals surface area contributed by atoms with Crippen LogP contribution in [0.5, 0.6) is 5.75 Å². The van der Waals surface area contributed by atoms with Crippen LogP contribution in [0.4, 0.5) is 10.5 Å². The number of amides is 2. The van der Waals surface area contributed by atoms with Gasteiger partial charge in [-0.05, 0) is 32.4 Å². The van der Waals surface area contributed by atoms with Crippen LogP contribution in [0.3, 0.4) is 0 Å². The summed E-state index contributed by atoms with van der Waals surface area (Å²) in [7, 11) is 0. The van der Waals surface area contributed by atoms with E-state index in [2.05, 4.69) is 15.6 Å². The van der Waals surface area contributed by atoms with Gasteiger partial charge in [0.1, 0.15) is 16.8 Å². The highest BCUT2D eigenvalue weighted by atomic mass is 32.1. The molecule has 0 aliphatic carbocycles. The maximum absolute atomic E-state index is 12.4. The number of urea groups is 1. The molecule has 6 nitrogen and oxygen atoms in total. The third-order valence-electron chi connectivity index (χ3n) is 3.58. The monoisotopic (exact) mass is 344 g/mol. The maximum atomic E-state index is 12.4. The number of hydrogen-bond donors (Lipinski definition) is 2. The van der Waals surface area contributed by atoms with E-state index >= 15 is 0 Å². The quantitative estimate of drug-likeness (QED) is 0.834. The predicted octanol–water partition coefficient (Wildman–Crippen LogP) is 3.80. The number of carbonyl (C=O) groups excluding carboxylic acids is 1. The van der Waals surface area contributed by atoms with E-state index in [1.54, 1.807) is 24.3 Å². The van der Waals surface area contributed by atoms with Crippen molar-refractivity contribution in [2.75, 3.05) is 11.9 Å². The van der Waals surface area contributed by atoms with Crippen LogP contribution in [0.1, 0.15) is 31.0 Å². The first-order valence-electron chi connectivity index (χ1n) is 7.58. The normalized spacial score (nSPS) is 12.8. The Bertz CT molecular complexity index is 753. The fourth-order valence-electron chi connectivity index (χ4n) is 2.09. The molecule has 2 amide bonds. The van der Waals surface area contributed by atoms with Crippen LogP contribution < -0.4 is 15.4 Å². The summed E-state index contributed by atoms with van der Waals surface area (Å²) in [5, 5.41) is 17.2. The Morgan fingerprint density at radius 2 is 2.29 bits per heavy atom. The summed E-state index contributed by atoms with van der Waals surface area (Å²) in [5.41, 5.74) is 1.01. The highest BCUT2D eigenvalue weighted by Crippen LogP contribution is 2.27. The summed E-state index contributed by atoms with van der Waals surface area (Å²) in [5.74, 6) is 0.531. The van der Waals surface area contributed by atoms with Gasteiger partial charge in [0.05, 0.1) is 5.54 Å². The van der Waals surface area contributed by atoms with Gasteiger partial charge < -0.3 is 15.4 Å². The van der Waals surface area contributed by atoms with E-state index in [9.17, 15) is 4.79 Å². The molecule has 2 aromatic rings. The second kappa shape index (κ2) is 7.79. The number of hydrogen-bond acceptors (Lipinski definition) is 5. The van der Waals surface area contributed by atoms with E-state index in [0.29, 0.717) is 11.4 Å². The lowest BCUT2D eigenvalue weighted by Gasteiger charge is -2.27. The molecule has 0 saturated carbocycles. The molecular weight excluding hydrogens is 324 g/mol. The minimum Gasteiger partial charge on any atom is -0.479 e. The first-order valence-corrected chi connectivity index (χ1v) is 8.46. The van der Waals surface area contributed by atoms with E-state index in [1.165, 1.54) is 11.3 Å². The van der Waals surface area contributed by atoms with Crippen molar-refractivity contribution in [1.82, 2.24) is 10.3 Å². The molecular formula is C17H20N4O2S. The van der Waals surface area contributed by atoms with Crippen LogP contribution in [0, 0.1) is 18.3 Å². The Labute approximate surface area is 145 Å². The van der Waals surface area contributed by atoms with Crippen LogP contribution in [0.25, 0.3) is 0 Å². The minimum atomic E-state index is -0.530. The fraction of sp³-hybridized carbons (Fsp3) is 0.353. The topological polar surface area (TPSA) is 87.0 Å². The average Bonchev–Trinajstić information content (AvgIpc) is 3.00. The molecule has 0 saturated heterocycles. The van der Waals surface area contributed by atoms with Crippen molar-refractivity contribution in [3.63, 3.8) is 0 Å². The minimum absolute atomic E-state index is 0.0348. The van der Waals surface area contributed by atoms with Crippen molar-refractivity contribution in [2.45, 2.75) is 32.7 Å². The van der Waals surface area contributed by atoms with Gasteiger partial charge in [-0.3, -0.25) is 0 Å². The third kappa shape index (κ3) is 4.46. The summed E-state index contributed by atoms with van der Waals surface area (Å²) in [6.45, 7) is 5.86. The number of aromatic nitrogens is 1. The Hall–Kier alpha value is -2.59. The third-order valence-corrected chi connectivity index (χ3v) is 4.81.